The molecule has 0 bridgehead atoms. The molecule has 162 valence electrons. The standard InChI is InChI=1S/C22H28ClN3O4/c1-28-19-10-7-15(20(29-2)21(19)30-3)14-24-22(27)25-16-8-9-18(17(23)13-16)26-11-5-4-6-12-26/h7-10,13H,4-6,11-12,14H2,1-3H3,(H2,24,25,27). The van der Waals surface area contributed by atoms with Gasteiger partial charge in [-0.15, -0.1) is 0 Å². The number of methoxy groups -OCH3 is 3. The monoisotopic (exact) mass is 433 g/mol. The highest BCUT2D eigenvalue weighted by molar-refractivity contribution is 6.33. The molecule has 0 unspecified atom stereocenters. The van der Waals surface area contributed by atoms with Gasteiger partial charge in [-0.2, -0.15) is 0 Å². The van der Waals surface area contributed by atoms with Gasteiger partial charge in [-0.05, 0) is 49.6 Å². The Morgan fingerprint density at radius 3 is 2.37 bits per heavy atom. The van der Waals surface area contributed by atoms with E-state index in [9.17, 15) is 4.79 Å². The Morgan fingerprint density at radius 1 is 1.00 bits per heavy atom. The van der Waals surface area contributed by atoms with Gasteiger partial charge < -0.3 is 29.7 Å². The van der Waals surface area contributed by atoms with Crippen molar-refractivity contribution in [2.75, 3.05) is 44.6 Å². The summed E-state index contributed by atoms with van der Waals surface area (Å²) >= 11 is 6.47. The van der Waals surface area contributed by atoms with E-state index in [4.69, 9.17) is 25.8 Å². The number of piperidine rings is 1. The predicted molar refractivity (Wildman–Crippen MR) is 119 cm³/mol. The molecule has 1 aliphatic rings. The SMILES string of the molecule is COc1ccc(CNC(=O)Nc2ccc(N3CCCCC3)c(Cl)c2)c(OC)c1OC. The van der Waals surface area contributed by atoms with Gasteiger partial charge in [0.15, 0.2) is 11.5 Å². The molecular formula is C22H28ClN3O4. The third-order valence-electron chi connectivity index (χ3n) is 5.13. The van der Waals surface area contributed by atoms with Crippen LogP contribution in [-0.4, -0.2) is 40.5 Å². The number of anilines is 2. The fraction of sp³-hybridized carbons (Fsp3) is 0.409. The normalized spacial score (nSPS) is 13.5. The van der Waals surface area contributed by atoms with Crippen LogP contribution in [0.3, 0.4) is 0 Å². The van der Waals surface area contributed by atoms with Crippen molar-refractivity contribution in [1.82, 2.24) is 5.32 Å². The van der Waals surface area contributed by atoms with Crippen LogP contribution < -0.4 is 29.7 Å². The van der Waals surface area contributed by atoms with Gasteiger partial charge in [0, 0.05) is 30.9 Å². The van der Waals surface area contributed by atoms with Gasteiger partial charge in [0.2, 0.25) is 5.75 Å². The van der Waals surface area contributed by atoms with Crippen LogP contribution in [0, 0.1) is 0 Å². The molecule has 0 atom stereocenters. The average Bonchev–Trinajstić information content (AvgIpc) is 2.77. The first kappa shape index (κ1) is 21.9. The first-order valence-electron chi connectivity index (χ1n) is 9.94. The average molecular weight is 434 g/mol. The van der Waals surface area contributed by atoms with Crippen LogP contribution in [0.2, 0.25) is 5.02 Å². The van der Waals surface area contributed by atoms with Gasteiger partial charge in [-0.3, -0.25) is 0 Å². The van der Waals surface area contributed by atoms with Crippen molar-refractivity contribution in [3.63, 3.8) is 0 Å². The quantitative estimate of drug-likeness (QED) is 0.663. The summed E-state index contributed by atoms with van der Waals surface area (Å²) in [4.78, 5) is 14.7. The van der Waals surface area contributed by atoms with E-state index in [0.29, 0.717) is 28.0 Å². The molecule has 30 heavy (non-hydrogen) atoms. The number of amides is 2. The minimum Gasteiger partial charge on any atom is -0.493 e. The van der Waals surface area contributed by atoms with E-state index >= 15 is 0 Å². The maximum absolute atomic E-state index is 12.4. The number of carbonyl (C=O) groups excluding carboxylic acids is 1. The molecule has 0 spiro atoms. The summed E-state index contributed by atoms with van der Waals surface area (Å²) in [7, 11) is 4.65. The Bertz CT molecular complexity index is 885. The molecule has 1 fully saturated rings. The molecule has 2 N–H and O–H groups in total. The zero-order valence-electron chi connectivity index (χ0n) is 17.6. The summed E-state index contributed by atoms with van der Waals surface area (Å²) in [5.41, 5.74) is 2.42. The summed E-state index contributed by atoms with van der Waals surface area (Å²) in [5, 5.41) is 6.29. The van der Waals surface area contributed by atoms with Crippen molar-refractivity contribution in [3.05, 3.63) is 40.9 Å². The van der Waals surface area contributed by atoms with Crippen LogP contribution in [0.25, 0.3) is 0 Å². The van der Waals surface area contributed by atoms with Crippen LogP contribution in [0.1, 0.15) is 24.8 Å². The lowest BCUT2D eigenvalue weighted by molar-refractivity contribution is 0.251. The van der Waals surface area contributed by atoms with E-state index in [0.717, 1.165) is 24.3 Å². The lowest BCUT2D eigenvalue weighted by Gasteiger charge is -2.29. The number of hydrogen-bond donors (Lipinski definition) is 2. The number of benzene rings is 2. The first-order valence-corrected chi connectivity index (χ1v) is 10.3. The number of carbonyl (C=O) groups is 1. The molecule has 0 saturated carbocycles. The molecule has 2 aromatic rings. The molecule has 0 aliphatic carbocycles. The molecule has 2 amide bonds. The predicted octanol–water partition coefficient (Wildman–Crippen LogP) is 4.68. The van der Waals surface area contributed by atoms with Crippen molar-refractivity contribution in [2.24, 2.45) is 0 Å². The third-order valence-corrected chi connectivity index (χ3v) is 5.43. The molecular weight excluding hydrogens is 406 g/mol. The van der Waals surface area contributed by atoms with Crippen LogP contribution in [-0.2, 0) is 6.54 Å². The van der Waals surface area contributed by atoms with Gasteiger partial charge in [0.1, 0.15) is 0 Å². The van der Waals surface area contributed by atoms with E-state index in [-0.39, 0.29) is 12.6 Å². The topological polar surface area (TPSA) is 72.1 Å². The van der Waals surface area contributed by atoms with E-state index in [1.807, 2.05) is 18.2 Å². The van der Waals surface area contributed by atoms with Crippen molar-refractivity contribution < 1.29 is 19.0 Å². The second-order valence-corrected chi connectivity index (χ2v) is 7.42. The van der Waals surface area contributed by atoms with Crippen molar-refractivity contribution >= 4 is 29.0 Å². The number of nitrogens with zero attached hydrogens (tertiary/aromatic N) is 1. The van der Waals surface area contributed by atoms with E-state index < -0.39 is 0 Å². The van der Waals surface area contributed by atoms with Crippen LogP contribution in [0.5, 0.6) is 17.2 Å². The molecule has 2 aromatic carbocycles. The van der Waals surface area contributed by atoms with Crippen LogP contribution in [0.15, 0.2) is 30.3 Å². The smallest absolute Gasteiger partial charge is 0.319 e. The van der Waals surface area contributed by atoms with E-state index in [2.05, 4.69) is 15.5 Å². The fourth-order valence-electron chi connectivity index (χ4n) is 3.63. The van der Waals surface area contributed by atoms with Gasteiger partial charge in [0.05, 0.1) is 32.0 Å². The van der Waals surface area contributed by atoms with E-state index in [1.165, 1.54) is 19.3 Å². The largest absolute Gasteiger partial charge is 0.493 e. The van der Waals surface area contributed by atoms with Gasteiger partial charge >= 0.3 is 6.03 Å². The minimum absolute atomic E-state index is 0.259. The molecule has 0 aromatic heterocycles. The lowest BCUT2D eigenvalue weighted by Crippen LogP contribution is -2.30. The van der Waals surface area contributed by atoms with Crippen molar-refractivity contribution in [1.29, 1.82) is 0 Å². The van der Waals surface area contributed by atoms with Crippen molar-refractivity contribution in [3.8, 4) is 17.2 Å². The second-order valence-electron chi connectivity index (χ2n) is 7.02. The fourth-order valence-corrected chi connectivity index (χ4v) is 3.93. The number of rotatable bonds is 7. The number of hydrogen-bond acceptors (Lipinski definition) is 5. The maximum Gasteiger partial charge on any atom is 0.319 e. The molecule has 1 saturated heterocycles. The Labute approximate surface area is 182 Å². The Kier molecular flexibility index (Phi) is 7.52. The highest BCUT2D eigenvalue weighted by Crippen LogP contribution is 2.39. The minimum atomic E-state index is -0.339. The number of urea groups is 1. The summed E-state index contributed by atoms with van der Waals surface area (Å²) < 4.78 is 16.1. The second kappa shape index (κ2) is 10.3. The van der Waals surface area contributed by atoms with Crippen molar-refractivity contribution in [2.45, 2.75) is 25.8 Å². The van der Waals surface area contributed by atoms with E-state index in [1.54, 1.807) is 33.5 Å². The molecule has 3 rings (SSSR count). The highest BCUT2D eigenvalue weighted by Gasteiger charge is 2.17. The number of ether oxygens (including phenoxy) is 3. The number of halogens is 1. The third kappa shape index (κ3) is 5.02. The van der Waals surface area contributed by atoms with Gasteiger partial charge in [0.25, 0.3) is 0 Å². The summed E-state index contributed by atoms with van der Waals surface area (Å²) in [6, 6.07) is 8.86. The Balaban J connectivity index is 1.63. The summed E-state index contributed by atoms with van der Waals surface area (Å²) in [5.74, 6) is 1.57. The van der Waals surface area contributed by atoms with Crippen LogP contribution >= 0.6 is 11.6 Å². The molecule has 8 heteroatoms. The summed E-state index contributed by atoms with van der Waals surface area (Å²) in [6.07, 6.45) is 3.62. The molecule has 0 radical (unpaired) electrons. The zero-order valence-corrected chi connectivity index (χ0v) is 18.3. The molecule has 1 aliphatic heterocycles. The zero-order chi connectivity index (χ0) is 21.5. The lowest BCUT2D eigenvalue weighted by atomic mass is 10.1. The first-order chi connectivity index (χ1) is 14.6. The van der Waals surface area contributed by atoms with Gasteiger partial charge in [-0.1, -0.05) is 11.6 Å². The maximum atomic E-state index is 12.4. The van der Waals surface area contributed by atoms with Gasteiger partial charge in [-0.25, -0.2) is 4.79 Å². The molecule has 7 nitrogen and oxygen atoms in total. The Morgan fingerprint density at radius 2 is 1.73 bits per heavy atom. The molecule has 1 heterocycles. The summed E-state index contributed by atoms with van der Waals surface area (Å²) in [6.45, 7) is 2.29. The highest BCUT2D eigenvalue weighted by atomic mass is 35.5. The van der Waals surface area contributed by atoms with Crippen LogP contribution in [0.4, 0.5) is 16.2 Å². The number of nitrogens with one attached hydrogen (secondary N) is 2. The Hall–Kier alpha value is -2.80.